The van der Waals surface area contributed by atoms with Crippen LogP contribution in [0.4, 0.5) is 0 Å². The minimum Gasteiger partial charge on any atom is -0.356 e. The molecule has 0 aromatic heterocycles. The second-order valence-electron chi connectivity index (χ2n) is 3.19. The van der Waals surface area contributed by atoms with Crippen molar-refractivity contribution < 1.29 is 4.79 Å². The molecular weight excluding hydrogens is 138 g/mol. The highest BCUT2D eigenvalue weighted by Crippen LogP contribution is 2.28. The summed E-state index contributed by atoms with van der Waals surface area (Å²) in [5.74, 6) is 1.72. The molecule has 1 aliphatic carbocycles. The van der Waals surface area contributed by atoms with Crippen LogP contribution in [0.5, 0.6) is 0 Å². The first kappa shape index (κ1) is 8.57. The molecule has 0 saturated heterocycles. The van der Waals surface area contributed by atoms with E-state index in [0.717, 1.165) is 13.0 Å². The van der Waals surface area contributed by atoms with Crippen molar-refractivity contribution in [2.45, 2.75) is 39.0 Å². The van der Waals surface area contributed by atoms with Crippen molar-refractivity contribution in [3.05, 3.63) is 5.92 Å². The van der Waals surface area contributed by atoms with Crippen molar-refractivity contribution >= 4 is 5.91 Å². The van der Waals surface area contributed by atoms with Gasteiger partial charge in [0.25, 0.3) is 0 Å². The fourth-order valence-electron chi connectivity index (χ4n) is 1.54. The second kappa shape index (κ2) is 4.37. The summed E-state index contributed by atoms with van der Waals surface area (Å²) in [6.07, 6.45) is 6.39. The predicted molar refractivity (Wildman–Crippen MR) is 45.0 cm³/mol. The normalized spacial score (nSPS) is 18.6. The van der Waals surface area contributed by atoms with Crippen LogP contribution in [0, 0.1) is 5.92 Å². The summed E-state index contributed by atoms with van der Waals surface area (Å²) in [7, 11) is 0. The van der Waals surface area contributed by atoms with Gasteiger partial charge in [0.15, 0.2) is 0 Å². The molecule has 1 amide bonds. The minimum absolute atomic E-state index is 0.0867. The molecular formula is C9H16NO. The third-order valence-electron chi connectivity index (χ3n) is 2.16. The molecule has 11 heavy (non-hydrogen) atoms. The molecule has 1 rings (SSSR count). The number of hydrogen-bond acceptors (Lipinski definition) is 1. The molecule has 0 atom stereocenters. The average Bonchev–Trinajstić information content (AvgIpc) is 2.39. The smallest absolute Gasteiger partial charge is 0.216 e. The Morgan fingerprint density at radius 1 is 1.45 bits per heavy atom. The molecule has 2 nitrogen and oxygen atoms in total. The van der Waals surface area contributed by atoms with Gasteiger partial charge >= 0.3 is 0 Å². The van der Waals surface area contributed by atoms with E-state index in [-0.39, 0.29) is 5.91 Å². The van der Waals surface area contributed by atoms with Gasteiger partial charge in [-0.1, -0.05) is 12.8 Å². The highest BCUT2D eigenvalue weighted by molar-refractivity contribution is 5.72. The van der Waals surface area contributed by atoms with Gasteiger partial charge in [-0.15, -0.1) is 0 Å². The van der Waals surface area contributed by atoms with Crippen LogP contribution < -0.4 is 5.32 Å². The molecule has 0 spiro atoms. The second-order valence-corrected chi connectivity index (χ2v) is 3.19. The molecule has 0 unspecified atom stereocenters. The monoisotopic (exact) mass is 154 g/mol. The van der Waals surface area contributed by atoms with Crippen LogP contribution in [0.1, 0.15) is 39.0 Å². The lowest BCUT2D eigenvalue weighted by Gasteiger charge is -2.07. The lowest BCUT2D eigenvalue weighted by atomic mass is 10.0. The third kappa shape index (κ3) is 3.40. The van der Waals surface area contributed by atoms with Gasteiger partial charge in [-0.2, -0.15) is 0 Å². The van der Waals surface area contributed by atoms with E-state index in [1.807, 2.05) is 0 Å². The van der Waals surface area contributed by atoms with Gasteiger partial charge in [-0.05, 0) is 25.2 Å². The van der Waals surface area contributed by atoms with Crippen LogP contribution in [0.25, 0.3) is 0 Å². The summed E-state index contributed by atoms with van der Waals surface area (Å²) in [6, 6.07) is 0. The summed E-state index contributed by atoms with van der Waals surface area (Å²) >= 11 is 0. The van der Waals surface area contributed by atoms with Crippen LogP contribution in [-0.4, -0.2) is 12.5 Å². The van der Waals surface area contributed by atoms with Gasteiger partial charge in [0.05, 0.1) is 0 Å². The molecule has 1 saturated carbocycles. The SMILES string of the molecule is CC(=O)NCC[C]1CCCC1. The molecule has 0 bridgehead atoms. The van der Waals surface area contributed by atoms with Gasteiger partial charge in [0.1, 0.15) is 0 Å². The number of rotatable bonds is 3. The predicted octanol–water partition coefficient (Wildman–Crippen LogP) is 1.66. The Morgan fingerprint density at radius 2 is 2.09 bits per heavy atom. The fraction of sp³-hybridized carbons (Fsp3) is 0.778. The Hall–Kier alpha value is -0.530. The van der Waals surface area contributed by atoms with Crippen molar-refractivity contribution in [1.29, 1.82) is 0 Å². The molecule has 0 aromatic carbocycles. The van der Waals surface area contributed by atoms with Crippen molar-refractivity contribution in [2.24, 2.45) is 0 Å². The standard InChI is InChI=1S/C9H16NO/c1-8(11)10-7-6-9-4-2-3-5-9/h2-7H2,1H3,(H,10,11). The maximum Gasteiger partial charge on any atom is 0.216 e. The molecule has 0 heterocycles. The van der Waals surface area contributed by atoms with Gasteiger partial charge in [-0.25, -0.2) is 0 Å². The maximum absolute atomic E-state index is 10.5. The third-order valence-corrected chi connectivity index (χ3v) is 2.16. The Morgan fingerprint density at radius 3 is 2.64 bits per heavy atom. The van der Waals surface area contributed by atoms with Crippen LogP contribution in [0.2, 0.25) is 0 Å². The van der Waals surface area contributed by atoms with Gasteiger partial charge in [-0.3, -0.25) is 4.79 Å². The molecule has 63 valence electrons. The molecule has 1 radical (unpaired) electrons. The fourth-order valence-corrected chi connectivity index (χ4v) is 1.54. The molecule has 1 aliphatic rings. The lowest BCUT2D eigenvalue weighted by molar-refractivity contribution is -0.118. The first-order chi connectivity index (χ1) is 5.29. The molecule has 1 N–H and O–H groups in total. The van der Waals surface area contributed by atoms with Crippen LogP contribution in [-0.2, 0) is 4.79 Å². The maximum atomic E-state index is 10.5. The molecule has 2 heteroatoms. The van der Waals surface area contributed by atoms with Crippen molar-refractivity contribution in [1.82, 2.24) is 5.32 Å². The number of carbonyl (C=O) groups is 1. The quantitative estimate of drug-likeness (QED) is 0.658. The largest absolute Gasteiger partial charge is 0.356 e. The highest BCUT2D eigenvalue weighted by atomic mass is 16.1. The van der Waals surface area contributed by atoms with Gasteiger partial charge < -0.3 is 5.32 Å². The van der Waals surface area contributed by atoms with Crippen LogP contribution >= 0.6 is 0 Å². The van der Waals surface area contributed by atoms with E-state index in [4.69, 9.17) is 0 Å². The minimum atomic E-state index is 0.0867. The summed E-state index contributed by atoms with van der Waals surface area (Å²) in [4.78, 5) is 10.5. The average molecular weight is 154 g/mol. The molecule has 0 aromatic rings. The van der Waals surface area contributed by atoms with Crippen molar-refractivity contribution in [2.75, 3.05) is 6.54 Å². The van der Waals surface area contributed by atoms with E-state index < -0.39 is 0 Å². The Kier molecular flexibility index (Phi) is 3.40. The van der Waals surface area contributed by atoms with E-state index in [9.17, 15) is 4.79 Å². The van der Waals surface area contributed by atoms with E-state index in [0.29, 0.717) is 0 Å². The number of hydrogen-bond donors (Lipinski definition) is 1. The highest BCUT2D eigenvalue weighted by Gasteiger charge is 2.14. The van der Waals surface area contributed by atoms with E-state index >= 15 is 0 Å². The van der Waals surface area contributed by atoms with E-state index in [2.05, 4.69) is 5.32 Å². The first-order valence-corrected chi connectivity index (χ1v) is 4.37. The Bertz CT molecular complexity index is 128. The zero-order chi connectivity index (χ0) is 8.10. The Balaban J connectivity index is 1.98. The topological polar surface area (TPSA) is 29.1 Å². The molecule has 1 fully saturated rings. The van der Waals surface area contributed by atoms with Crippen molar-refractivity contribution in [3.8, 4) is 0 Å². The number of carbonyl (C=O) groups excluding carboxylic acids is 1. The van der Waals surface area contributed by atoms with Gasteiger partial charge in [0, 0.05) is 13.5 Å². The van der Waals surface area contributed by atoms with E-state index in [1.54, 1.807) is 12.8 Å². The Labute approximate surface area is 68.4 Å². The number of nitrogens with one attached hydrogen (secondary N) is 1. The summed E-state index contributed by atoms with van der Waals surface area (Å²) in [5, 5.41) is 2.81. The zero-order valence-corrected chi connectivity index (χ0v) is 7.15. The number of amides is 1. The molecule has 0 aliphatic heterocycles. The first-order valence-electron chi connectivity index (χ1n) is 4.37. The van der Waals surface area contributed by atoms with Crippen LogP contribution in [0.3, 0.4) is 0 Å². The summed E-state index contributed by atoms with van der Waals surface area (Å²) < 4.78 is 0. The van der Waals surface area contributed by atoms with Crippen LogP contribution in [0.15, 0.2) is 0 Å². The lowest BCUT2D eigenvalue weighted by Crippen LogP contribution is -2.21. The van der Waals surface area contributed by atoms with Gasteiger partial charge in [0.2, 0.25) is 5.91 Å². The van der Waals surface area contributed by atoms with E-state index in [1.165, 1.54) is 25.7 Å². The summed E-state index contributed by atoms with van der Waals surface area (Å²) in [6.45, 7) is 2.41. The zero-order valence-electron chi connectivity index (χ0n) is 7.15. The van der Waals surface area contributed by atoms with Crippen molar-refractivity contribution in [3.63, 3.8) is 0 Å². The summed E-state index contributed by atoms with van der Waals surface area (Å²) in [5.41, 5.74) is 0.